The first kappa shape index (κ1) is 21.5. The lowest BCUT2D eigenvalue weighted by Crippen LogP contribution is -2.32. The molecule has 132 valence electrons. The van der Waals surface area contributed by atoms with Crippen molar-refractivity contribution in [1.82, 2.24) is 0 Å². The number of carbonyl (C=O) groups is 1. The highest BCUT2D eigenvalue weighted by Gasteiger charge is 2.29. The van der Waals surface area contributed by atoms with E-state index >= 15 is 0 Å². The molecule has 0 aliphatic rings. The smallest absolute Gasteiger partial charge is 0.319 e. The van der Waals surface area contributed by atoms with Crippen LogP contribution in [0.2, 0.25) is 0 Å². The molecule has 0 atom stereocenters. The maximum Gasteiger partial charge on any atom is 0.319 e. The molecule has 0 saturated heterocycles. The second kappa shape index (κ2) is 10.3. The van der Waals surface area contributed by atoms with Gasteiger partial charge in [-0.25, -0.2) is 4.39 Å². The number of hydrogen-bond donors (Lipinski definition) is 1. The minimum absolute atomic E-state index is 0.114. The summed E-state index contributed by atoms with van der Waals surface area (Å²) in [5, 5.41) is 8.96. The van der Waals surface area contributed by atoms with Crippen LogP contribution in [0.25, 0.3) is 0 Å². The highest BCUT2D eigenvalue weighted by atomic mass is 19.1. The van der Waals surface area contributed by atoms with Crippen LogP contribution in [0.3, 0.4) is 0 Å². The molecule has 0 bridgehead atoms. The maximum atomic E-state index is 13.4. The normalized spacial score (nSPS) is 11.0. The number of carbonyl (C=O) groups excluding carboxylic acids is 1. The highest BCUT2D eigenvalue weighted by molar-refractivity contribution is 5.78. The minimum atomic E-state index is -1.03. The summed E-state index contributed by atoms with van der Waals surface area (Å²) in [6.45, 7) is 9.74. The third-order valence-corrected chi connectivity index (χ3v) is 3.14. The second-order valence-corrected chi connectivity index (χ2v) is 6.54. The van der Waals surface area contributed by atoms with Crippen molar-refractivity contribution in [3.8, 4) is 5.75 Å². The average molecular weight is 328 g/mol. The molecule has 0 aromatic heterocycles. The van der Waals surface area contributed by atoms with Crippen molar-refractivity contribution in [2.45, 2.75) is 41.0 Å². The fourth-order valence-electron chi connectivity index (χ4n) is 1.34. The van der Waals surface area contributed by atoms with Gasteiger partial charge < -0.3 is 14.6 Å². The first-order valence-electron chi connectivity index (χ1n) is 7.72. The van der Waals surface area contributed by atoms with Crippen molar-refractivity contribution in [1.29, 1.82) is 0 Å². The molecule has 0 aliphatic carbocycles. The van der Waals surface area contributed by atoms with E-state index in [1.165, 1.54) is 32.4 Å². The highest BCUT2D eigenvalue weighted by Crippen LogP contribution is 2.22. The van der Waals surface area contributed by atoms with Crippen LogP contribution in [-0.2, 0) is 9.53 Å². The number of methoxy groups -OCH3 is 1. The Kier molecular flexibility index (Phi) is 9.68. The van der Waals surface area contributed by atoms with Gasteiger partial charge >= 0.3 is 5.97 Å². The predicted octanol–water partition coefficient (Wildman–Crippen LogP) is 3.74. The van der Waals surface area contributed by atoms with Gasteiger partial charge in [0, 0.05) is 13.7 Å². The van der Waals surface area contributed by atoms with Crippen molar-refractivity contribution in [3.63, 3.8) is 0 Å². The largest absolute Gasteiger partial charge is 0.423 e. The summed E-state index contributed by atoms with van der Waals surface area (Å²) in [6, 6.07) is 4.34. The van der Waals surface area contributed by atoms with Crippen molar-refractivity contribution < 1.29 is 23.8 Å². The Balaban J connectivity index is 0.000000585. The molecule has 1 rings (SSSR count). The molecule has 0 radical (unpaired) electrons. The van der Waals surface area contributed by atoms with Gasteiger partial charge in [0.05, 0.1) is 12.0 Å². The Morgan fingerprint density at radius 2 is 1.96 bits per heavy atom. The van der Waals surface area contributed by atoms with Crippen molar-refractivity contribution in [2.75, 3.05) is 20.3 Å². The summed E-state index contributed by atoms with van der Waals surface area (Å²) in [6.07, 6.45) is 1.18. The topological polar surface area (TPSA) is 55.8 Å². The number of rotatable bonds is 6. The molecule has 0 amide bonds. The van der Waals surface area contributed by atoms with Gasteiger partial charge in [0.2, 0.25) is 0 Å². The van der Waals surface area contributed by atoms with E-state index < -0.39 is 17.2 Å². The van der Waals surface area contributed by atoms with Crippen LogP contribution in [-0.4, -0.2) is 31.4 Å². The van der Waals surface area contributed by atoms with E-state index in [0.29, 0.717) is 0 Å². The summed E-state index contributed by atoms with van der Waals surface area (Å²) >= 11 is 0. The minimum Gasteiger partial charge on any atom is -0.423 e. The molecular formula is C18H29FO4. The summed E-state index contributed by atoms with van der Waals surface area (Å²) < 4.78 is 23.1. The van der Waals surface area contributed by atoms with E-state index in [1.807, 2.05) is 0 Å². The number of aryl methyl sites for hydroxylation is 1. The van der Waals surface area contributed by atoms with Crippen LogP contribution >= 0.6 is 0 Å². The van der Waals surface area contributed by atoms with E-state index in [2.05, 4.69) is 13.8 Å². The lowest BCUT2D eigenvalue weighted by atomic mass is 9.95. The first-order chi connectivity index (χ1) is 10.6. The van der Waals surface area contributed by atoms with E-state index in [0.717, 1.165) is 18.1 Å². The second-order valence-electron chi connectivity index (χ2n) is 6.54. The molecule has 23 heavy (non-hydrogen) atoms. The van der Waals surface area contributed by atoms with E-state index in [4.69, 9.17) is 14.6 Å². The van der Waals surface area contributed by atoms with E-state index in [1.54, 1.807) is 20.1 Å². The third kappa shape index (κ3) is 8.67. The van der Waals surface area contributed by atoms with Crippen molar-refractivity contribution in [3.05, 3.63) is 29.6 Å². The third-order valence-electron chi connectivity index (χ3n) is 3.14. The zero-order valence-electron chi connectivity index (χ0n) is 15.0. The number of aliphatic hydroxyl groups excluding tert-OH is 1. The molecule has 1 N–H and O–H groups in total. The predicted molar refractivity (Wildman–Crippen MR) is 89.0 cm³/mol. The standard InChI is InChI=1S/C12H15FO3.C6H14O/c1-8-4-5-10(9(13)6-8)16-11(15)12(2,3)7-14;1-6(2)4-5-7-3/h4-6,14H,7H2,1-3H3;6H,4-5H2,1-3H3. The average Bonchev–Trinajstić information content (AvgIpc) is 2.48. The van der Waals surface area contributed by atoms with Crippen LogP contribution < -0.4 is 4.74 Å². The Morgan fingerprint density at radius 3 is 2.35 bits per heavy atom. The van der Waals surface area contributed by atoms with Crippen LogP contribution in [0.5, 0.6) is 5.75 Å². The van der Waals surface area contributed by atoms with Gasteiger partial charge in [-0.1, -0.05) is 19.9 Å². The summed E-state index contributed by atoms with van der Waals surface area (Å²) in [7, 11) is 1.74. The lowest BCUT2D eigenvalue weighted by molar-refractivity contribution is -0.146. The van der Waals surface area contributed by atoms with Gasteiger partial charge in [-0.3, -0.25) is 4.79 Å². The SMILES string of the molecule is COCCC(C)C.Cc1ccc(OC(=O)C(C)(C)CO)c(F)c1. The van der Waals surface area contributed by atoms with E-state index in [9.17, 15) is 9.18 Å². The van der Waals surface area contributed by atoms with E-state index in [-0.39, 0.29) is 12.4 Å². The zero-order valence-corrected chi connectivity index (χ0v) is 15.0. The number of halogens is 1. The number of ether oxygens (including phenoxy) is 2. The Labute approximate surface area is 138 Å². The monoisotopic (exact) mass is 328 g/mol. The molecule has 0 spiro atoms. The molecular weight excluding hydrogens is 299 g/mol. The molecule has 0 saturated carbocycles. The first-order valence-corrected chi connectivity index (χ1v) is 7.72. The number of esters is 1. The van der Waals surface area contributed by atoms with Crippen LogP contribution in [0.4, 0.5) is 4.39 Å². The zero-order chi connectivity index (χ0) is 18.0. The van der Waals surface area contributed by atoms with Gasteiger partial charge in [-0.15, -0.1) is 0 Å². The molecule has 1 aromatic carbocycles. The summed E-state index contributed by atoms with van der Waals surface area (Å²) in [4.78, 5) is 11.6. The fourth-order valence-corrected chi connectivity index (χ4v) is 1.34. The van der Waals surface area contributed by atoms with Crippen LogP contribution in [0.15, 0.2) is 18.2 Å². The maximum absolute atomic E-state index is 13.4. The van der Waals surface area contributed by atoms with Gasteiger partial charge in [0.15, 0.2) is 11.6 Å². The Bertz CT molecular complexity index is 484. The van der Waals surface area contributed by atoms with Crippen molar-refractivity contribution in [2.24, 2.45) is 11.3 Å². The quantitative estimate of drug-likeness (QED) is 0.638. The Morgan fingerprint density at radius 1 is 1.35 bits per heavy atom. The fraction of sp³-hybridized carbons (Fsp3) is 0.611. The molecule has 0 aliphatic heterocycles. The molecule has 4 nitrogen and oxygen atoms in total. The molecule has 1 aromatic rings. The van der Waals surface area contributed by atoms with Crippen molar-refractivity contribution >= 4 is 5.97 Å². The molecule has 0 fully saturated rings. The molecule has 0 unspecified atom stereocenters. The van der Waals surface area contributed by atoms with Crippen LogP contribution in [0.1, 0.15) is 39.7 Å². The van der Waals surface area contributed by atoms with Gasteiger partial charge in [0.1, 0.15) is 0 Å². The molecule has 5 heteroatoms. The number of hydrogen-bond acceptors (Lipinski definition) is 4. The summed E-state index contributed by atoms with van der Waals surface area (Å²) in [5.74, 6) is -0.572. The van der Waals surface area contributed by atoms with Gasteiger partial charge in [-0.2, -0.15) is 0 Å². The Hall–Kier alpha value is -1.46. The number of aliphatic hydroxyl groups is 1. The molecule has 0 heterocycles. The lowest BCUT2D eigenvalue weighted by Gasteiger charge is -2.19. The van der Waals surface area contributed by atoms with Gasteiger partial charge in [0.25, 0.3) is 0 Å². The number of benzene rings is 1. The van der Waals surface area contributed by atoms with Crippen LogP contribution in [0, 0.1) is 24.1 Å². The van der Waals surface area contributed by atoms with Gasteiger partial charge in [-0.05, 0) is 50.8 Å². The summed E-state index contributed by atoms with van der Waals surface area (Å²) in [5.41, 5.74) is -0.282.